The number of thiol groups is 1. The lowest BCUT2D eigenvalue weighted by molar-refractivity contribution is -0.143. The van der Waals surface area contributed by atoms with Gasteiger partial charge >= 0.3 is 11.9 Å². The molecule has 0 radical (unpaired) electrons. The Labute approximate surface area is 173 Å². The molecule has 0 rings (SSSR count). The van der Waals surface area contributed by atoms with E-state index in [1.54, 1.807) is 13.8 Å². The Bertz CT molecular complexity index is 628. The molecular weight excluding hydrogens is 408 g/mol. The lowest BCUT2D eigenvalue weighted by Gasteiger charge is -2.26. The highest BCUT2D eigenvalue weighted by molar-refractivity contribution is 7.80. The number of hydrogen-bond donors (Lipinski definition) is 8. The number of aliphatic hydroxyl groups is 1. The monoisotopic (exact) mass is 436 g/mol. The van der Waals surface area contributed by atoms with Gasteiger partial charge in [0, 0.05) is 5.75 Å². The molecule has 0 aliphatic rings. The molecule has 0 aromatic rings. The predicted molar refractivity (Wildman–Crippen MR) is 104 cm³/mol. The van der Waals surface area contributed by atoms with E-state index in [0.717, 1.165) is 0 Å². The summed E-state index contributed by atoms with van der Waals surface area (Å²) in [4.78, 5) is 58.5. The number of aliphatic hydroxyl groups excluding tert-OH is 1. The van der Waals surface area contributed by atoms with E-state index < -0.39 is 72.3 Å². The predicted octanol–water partition coefficient (Wildman–Crippen LogP) is -2.71. The van der Waals surface area contributed by atoms with Crippen LogP contribution < -0.4 is 21.7 Å². The van der Waals surface area contributed by atoms with Gasteiger partial charge in [0.05, 0.1) is 18.6 Å². The number of carboxylic acids is 2. The third kappa shape index (κ3) is 9.11. The first kappa shape index (κ1) is 26.6. The van der Waals surface area contributed by atoms with Crippen LogP contribution in [0.2, 0.25) is 0 Å². The number of hydrogen-bond acceptors (Lipinski definition) is 8. The molecule has 3 amide bonds. The highest BCUT2D eigenvalue weighted by Gasteiger charge is 2.32. The molecule has 0 heterocycles. The number of amides is 3. The molecule has 0 fully saturated rings. The third-order valence-electron chi connectivity index (χ3n) is 3.84. The molecule has 13 heteroatoms. The fourth-order valence-electron chi connectivity index (χ4n) is 2.17. The van der Waals surface area contributed by atoms with Crippen LogP contribution >= 0.6 is 12.6 Å². The minimum Gasteiger partial charge on any atom is -0.481 e. The molecule has 0 spiro atoms. The maximum Gasteiger partial charge on any atom is 0.326 e. The van der Waals surface area contributed by atoms with E-state index in [9.17, 15) is 29.1 Å². The van der Waals surface area contributed by atoms with Gasteiger partial charge < -0.3 is 37.0 Å². The Morgan fingerprint density at radius 3 is 1.79 bits per heavy atom. The molecule has 29 heavy (non-hydrogen) atoms. The summed E-state index contributed by atoms with van der Waals surface area (Å²) in [6.45, 7) is 4.38. The first-order valence-electron chi connectivity index (χ1n) is 8.72. The van der Waals surface area contributed by atoms with Gasteiger partial charge in [0.2, 0.25) is 17.7 Å². The van der Waals surface area contributed by atoms with Gasteiger partial charge in [-0.25, -0.2) is 4.79 Å². The second kappa shape index (κ2) is 12.2. The lowest BCUT2D eigenvalue weighted by atomic mass is 10.0. The molecule has 8 N–H and O–H groups in total. The SMILES string of the molecule is CC(C)C(NC(=O)C(CS)NC(=O)C(NC(=O)C(N)CC(=O)O)C(C)O)C(=O)O. The van der Waals surface area contributed by atoms with Crippen molar-refractivity contribution in [3.05, 3.63) is 0 Å². The fourth-order valence-corrected chi connectivity index (χ4v) is 2.43. The molecule has 0 aliphatic heterocycles. The van der Waals surface area contributed by atoms with E-state index in [2.05, 4.69) is 28.6 Å². The van der Waals surface area contributed by atoms with Crippen molar-refractivity contribution in [3.63, 3.8) is 0 Å². The highest BCUT2D eigenvalue weighted by Crippen LogP contribution is 2.04. The number of rotatable bonds is 12. The van der Waals surface area contributed by atoms with E-state index in [1.165, 1.54) is 6.92 Å². The highest BCUT2D eigenvalue weighted by atomic mass is 32.1. The summed E-state index contributed by atoms with van der Waals surface area (Å²) in [6, 6.07) is -5.42. The molecule has 0 aromatic heterocycles. The van der Waals surface area contributed by atoms with Crippen molar-refractivity contribution >= 4 is 42.3 Å². The van der Waals surface area contributed by atoms with Crippen LogP contribution in [0.4, 0.5) is 0 Å². The Morgan fingerprint density at radius 1 is 0.897 bits per heavy atom. The zero-order chi connectivity index (χ0) is 22.9. The summed E-state index contributed by atoms with van der Waals surface area (Å²) in [6.07, 6.45) is -2.09. The molecule has 166 valence electrons. The second-order valence-corrected chi connectivity index (χ2v) is 7.11. The molecule has 0 saturated heterocycles. The minimum atomic E-state index is -1.53. The maximum atomic E-state index is 12.4. The summed E-state index contributed by atoms with van der Waals surface area (Å²) in [5.41, 5.74) is 5.42. The van der Waals surface area contributed by atoms with E-state index in [0.29, 0.717) is 0 Å². The Balaban J connectivity index is 5.17. The molecule has 0 aromatic carbocycles. The summed E-state index contributed by atoms with van der Waals surface area (Å²) < 4.78 is 0. The van der Waals surface area contributed by atoms with Gasteiger partial charge in [-0.15, -0.1) is 0 Å². The summed E-state index contributed by atoms with van der Waals surface area (Å²) >= 11 is 3.96. The third-order valence-corrected chi connectivity index (χ3v) is 4.21. The zero-order valence-corrected chi connectivity index (χ0v) is 17.2. The van der Waals surface area contributed by atoms with Crippen LogP contribution in [0.15, 0.2) is 0 Å². The van der Waals surface area contributed by atoms with Crippen LogP contribution in [0.5, 0.6) is 0 Å². The zero-order valence-electron chi connectivity index (χ0n) is 16.3. The van der Waals surface area contributed by atoms with Crippen LogP contribution in [-0.4, -0.2) is 81.0 Å². The molecule has 5 unspecified atom stereocenters. The van der Waals surface area contributed by atoms with Crippen molar-refractivity contribution in [2.75, 3.05) is 5.75 Å². The molecular formula is C16H28N4O8S. The number of nitrogens with two attached hydrogens (primary N) is 1. The van der Waals surface area contributed by atoms with E-state index in [1.807, 2.05) is 0 Å². The smallest absolute Gasteiger partial charge is 0.326 e. The van der Waals surface area contributed by atoms with Crippen LogP contribution in [-0.2, 0) is 24.0 Å². The second-order valence-electron chi connectivity index (χ2n) is 6.74. The molecule has 0 bridgehead atoms. The van der Waals surface area contributed by atoms with Gasteiger partial charge in [-0.1, -0.05) is 13.8 Å². The van der Waals surface area contributed by atoms with E-state index in [4.69, 9.17) is 15.9 Å². The van der Waals surface area contributed by atoms with Crippen molar-refractivity contribution in [1.82, 2.24) is 16.0 Å². The van der Waals surface area contributed by atoms with Crippen molar-refractivity contribution in [3.8, 4) is 0 Å². The van der Waals surface area contributed by atoms with Crippen LogP contribution in [0.1, 0.15) is 27.2 Å². The Hall–Kier alpha value is -2.38. The largest absolute Gasteiger partial charge is 0.481 e. The number of carbonyl (C=O) groups is 5. The summed E-state index contributed by atoms with van der Waals surface area (Å²) in [7, 11) is 0. The average molecular weight is 436 g/mol. The normalized spacial score (nSPS) is 16.1. The molecule has 0 saturated carbocycles. The van der Waals surface area contributed by atoms with Gasteiger partial charge in [-0.3, -0.25) is 19.2 Å². The number of aliphatic carboxylic acids is 2. The van der Waals surface area contributed by atoms with Crippen LogP contribution in [0.3, 0.4) is 0 Å². The van der Waals surface area contributed by atoms with Crippen molar-refractivity contribution < 1.29 is 39.3 Å². The van der Waals surface area contributed by atoms with Gasteiger partial charge in [-0.2, -0.15) is 12.6 Å². The minimum absolute atomic E-state index is 0.193. The first-order chi connectivity index (χ1) is 13.3. The van der Waals surface area contributed by atoms with Crippen molar-refractivity contribution in [2.45, 2.75) is 57.5 Å². The Kier molecular flexibility index (Phi) is 11.2. The number of carboxylic acid groups (broad SMARTS) is 2. The van der Waals surface area contributed by atoms with Gasteiger partial charge in [-0.05, 0) is 12.8 Å². The van der Waals surface area contributed by atoms with Crippen LogP contribution in [0, 0.1) is 5.92 Å². The molecule has 12 nitrogen and oxygen atoms in total. The maximum absolute atomic E-state index is 12.4. The quantitative estimate of drug-likeness (QED) is 0.149. The van der Waals surface area contributed by atoms with Crippen molar-refractivity contribution in [2.24, 2.45) is 11.7 Å². The van der Waals surface area contributed by atoms with Gasteiger partial charge in [0.25, 0.3) is 0 Å². The average Bonchev–Trinajstić information content (AvgIpc) is 2.59. The van der Waals surface area contributed by atoms with Crippen molar-refractivity contribution in [1.29, 1.82) is 0 Å². The Morgan fingerprint density at radius 2 is 1.41 bits per heavy atom. The van der Waals surface area contributed by atoms with Gasteiger partial charge in [0.1, 0.15) is 18.1 Å². The lowest BCUT2D eigenvalue weighted by Crippen LogP contribution is -2.60. The molecule has 5 atom stereocenters. The summed E-state index contributed by atoms with van der Waals surface area (Å²) in [5, 5.41) is 34.3. The fraction of sp³-hybridized carbons (Fsp3) is 0.688. The van der Waals surface area contributed by atoms with Crippen LogP contribution in [0.25, 0.3) is 0 Å². The standard InChI is InChI=1S/C16H28N4O8S/c1-6(2)11(16(27)28)19-14(25)9(5-29)18-15(26)12(7(3)21)20-13(24)8(17)4-10(22)23/h6-9,11-12,21,29H,4-5,17H2,1-3H3,(H,18,26)(H,19,25)(H,20,24)(H,22,23)(H,27,28). The van der Waals surface area contributed by atoms with Gasteiger partial charge in [0.15, 0.2) is 0 Å². The topological polar surface area (TPSA) is 208 Å². The first-order valence-corrected chi connectivity index (χ1v) is 9.35. The summed E-state index contributed by atoms with van der Waals surface area (Å²) in [5.74, 6) is -5.94. The number of carbonyl (C=O) groups excluding carboxylic acids is 3. The van der Waals surface area contributed by atoms with E-state index in [-0.39, 0.29) is 5.75 Å². The number of nitrogens with one attached hydrogen (secondary N) is 3. The van der Waals surface area contributed by atoms with E-state index >= 15 is 0 Å². The molecule has 0 aliphatic carbocycles.